The van der Waals surface area contributed by atoms with Crippen LogP contribution in [0.25, 0.3) is 9.88 Å². The molecule has 0 fully saturated rings. The standard InChI is InChI=1S/C17H13ClN2OS2/c18-12-5-6-14-11(9-12)3-1-7-20(14)17(21)13-10-23-16(19-13)15-4-2-8-22-15/h2,4-6,8-10H,1,3,7H2. The smallest absolute Gasteiger partial charge is 0.277 e. The Kier molecular flexibility index (Phi) is 3.93. The van der Waals surface area contributed by atoms with Crippen LogP contribution in [0, 0.1) is 0 Å². The molecule has 0 aliphatic carbocycles. The molecule has 0 saturated carbocycles. The van der Waals surface area contributed by atoms with Crippen LogP contribution in [0.2, 0.25) is 5.02 Å². The van der Waals surface area contributed by atoms with Crippen molar-refractivity contribution in [2.45, 2.75) is 12.8 Å². The summed E-state index contributed by atoms with van der Waals surface area (Å²) in [5.41, 5.74) is 2.60. The SMILES string of the molecule is O=C(c1csc(-c2cccs2)n1)N1CCCc2cc(Cl)ccc21. The van der Waals surface area contributed by atoms with Crippen molar-refractivity contribution in [1.29, 1.82) is 0 Å². The van der Waals surface area contributed by atoms with E-state index in [1.54, 1.807) is 11.3 Å². The molecular formula is C17H13ClN2OS2. The molecule has 0 N–H and O–H groups in total. The number of thiophene rings is 1. The molecule has 0 saturated heterocycles. The molecule has 23 heavy (non-hydrogen) atoms. The lowest BCUT2D eigenvalue weighted by atomic mass is 10.0. The van der Waals surface area contributed by atoms with Gasteiger partial charge in [-0.15, -0.1) is 22.7 Å². The van der Waals surface area contributed by atoms with Crippen LogP contribution in [0.3, 0.4) is 0 Å². The van der Waals surface area contributed by atoms with Gasteiger partial charge in [-0.2, -0.15) is 0 Å². The van der Waals surface area contributed by atoms with E-state index in [1.807, 2.05) is 46.0 Å². The van der Waals surface area contributed by atoms with Crippen molar-refractivity contribution in [2.75, 3.05) is 11.4 Å². The number of amides is 1. The Balaban J connectivity index is 1.66. The average molecular weight is 361 g/mol. The molecule has 2 aromatic heterocycles. The highest BCUT2D eigenvalue weighted by Gasteiger charge is 2.25. The van der Waals surface area contributed by atoms with Gasteiger partial charge in [-0.1, -0.05) is 17.7 Å². The van der Waals surface area contributed by atoms with Gasteiger partial charge in [-0.25, -0.2) is 4.98 Å². The van der Waals surface area contributed by atoms with Gasteiger partial charge in [0.15, 0.2) is 0 Å². The minimum atomic E-state index is -0.0349. The Morgan fingerprint density at radius 3 is 3.00 bits per heavy atom. The van der Waals surface area contributed by atoms with Crippen LogP contribution in [0.1, 0.15) is 22.5 Å². The minimum Gasteiger partial charge on any atom is -0.307 e. The van der Waals surface area contributed by atoms with Crippen molar-refractivity contribution in [3.63, 3.8) is 0 Å². The van der Waals surface area contributed by atoms with Crippen LogP contribution in [0.5, 0.6) is 0 Å². The summed E-state index contributed by atoms with van der Waals surface area (Å²) in [5.74, 6) is -0.0349. The van der Waals surface area contributed by atoms with E-state index in [9.17, 15) is 4.79 Å². The summed E-state index contributed by atoms with van der Waals surface area (Å²) in [6.07, 6.45) is 1.90. The van der Waals surface area contributed by atoms with E-state index in [2.05, 4.69) is 4.98 Å². The average Bonchev–Trinajstić information content (AvgIpc) is 3.24. The lowest BCUT2D eigenvalue weighted by Gasteiger charge is -2.29. The maximum Gasteiger partial charge on any atom is 0.277 e. The number of carbonyl (C=O) groups is 1. The lowest BCUT2D eigenvalue weighted by Crippen LogP contribution is -2.35. The zero-order chi connectivity index (χ0) is 15.8. The monoisotopic (exact) mass is 360 g/mol. The molecule has 0 bridgehead atoms. The minimum absolute atomic E-state index is 0.0349. The maximum absolute atomic E-state index is 12.9. The van der Waals surface area contributed by atoms with Crippen molar-refractivity contribution in [3.8, 4) is 9.88 Å². The molecule has 116 valence electrons. The summed E-state index contributed by atoms with van der Waals surface area (Å²) in [6, 6.07) is 9.74. The Morgan fingerprint density at radius 2 is 2.17 bits per heavy atom. The fourth-order valence-electron chi connectivity index (χ4n) is 2.80. The van der Waals surface area contributed by atoms with E-state index < -0.39 is 0 Å². The topological polar surface area (TPSA) is 33.2 Å². The van der Waals surface area contributed by atoms with Crippen molar-refractivity contribution >= 4 is 45.9 Å². The number of aromatic nitrogens is 1. The van der Waals surface area contributed by atoms with E-state index in [0.717, 1.165) is 40.5 Å². The van der Waals surface area contributed by atoms with Crippen molar-refractivity contribution in [2.24, 2.45) is 0 Å². The van der Waals surface area contributed by atoms with Gasteiger partial charge in [0.05, 0.1) is 4.88 Å². The quantitative estimate of drug-likeness (QED) is 0.635. The molecule has 1 aliphatic rings. The number of nitrogens with zero attached hydrogens (tertiary/aromatic N) is 2. The van der Waals surface area contributed by atoms with Crippen molar-refractivity contribution < 1.29 is 4.79 Å². The van der Waals surface area contributed by atoms with Crippen LogP contribution in [0.4, 0.5) is 5.69 Å². The summed E-state index contributed by atoms with van der Waals surface area (Å²) >= 11 is 9.22. The fourth-order valence-corrected chi connectivity index (χ4v) is 4.60. The van der Waals surface area contributed by atoms with Crippen molar-refractivity contribution in [1.82, 2.24) is 4.98 Å². The molecule has 3 aromatic rings. The highest BCUT2D eigenvalue weighted by Crippen LogP contribution is 2.32. The van der Waals surface area contributed by atoms with Gasteiger partial charge in [0, 0.05) is 22.6 Å². The third-order valence-corrected chi connectivity index (χ3v) is 5.98. The summed E-state index contributed by atoms with van der Waals surface area (Å²) in [6.45, 7) is 0.722. The molecule has 1 aliphatic heterocycles. The Bertz CT molecular complexity index is 857. The van der Waals surface area contributed by atoms with E-state index in [4.69, 9.17) is 11.6 Å². The number of anilines is 1. The number of benzene rings is 1. The summed E-state index contributed by atoms with van der Waals surface area (Å²) in [4.78, 5) is 20.3. The van der Waals surface area contributed by atoms with E-state index in [0.29, 0.717) is 10.7 Å². The molecule has 4 rings (SSSR count). The number of thiazole rings is 1. The third-order valence-electron chi connectivity index (χ3n) is 3.86. The van der Waals surface area contributed by atoms with Gasteiger partial charge in [-0.3, -0.25) is 4.79 Å². The van der Waals surface area contributed by atoms with Gasteiger partial charge in [0.25, 0.3) is 5.91 Å². The number of carbonyl (C=O) groups excluding carboxylic acids is 1. The molecule has 0 atom stereocenters. The maximum atomic E-state index is 12.9. The van der Waals surface area contributed by atoms with Crippen molar-refractivity contribution in [3.05, 3.63) is 57.4 Å². The molecule has 0 spiro atoms. The summed E-state index contributed by atoms with van der Waals surface area (Å²) < 4.78 is 0. The summed E-state index contributed by atoms with van der Waals surface area (Å²) in [5, 5.41) is 5.48. The highest BCUT2D eigenvalue weighted by atomic mass is 35.5. The predicted octanol–water partition coefficient (Wildman–Crippen LogP) is 5.12. The van der Waals surface area contributed by atoms with Gasteiger partial charge < -0.3 is 4.90 Å². The number of rotatable bonds is 2. The number of hydrogen-bond donors (Lipinski definition) is 0. The first-order valence-corrected chi connectivity index (χ1v) is 9.46. The van der Waals surface area contributed by atoms with Crippen LogP contribution in [-0.2, 0) is 6.42 Å². The second kappa shape index (κ2) is 6.07. The first-order chi connectivity index (χ1) is 11.2. The van der Waals surface area contributed by atoms with Crippen LogP contribution in [-0.4, -0.2) is 17.4 Å². The van der Waals surface area contributed by atoms with Crippen LogP contribution in [0.15, 0.2) is 41.1 Å². The fraction of sp³-hybridized carbons (Fsp3) is 0.176. The number of fused-ring (bicyclic) bond motifs is 1. The van der Waals surface area contributed by atoms with Gasteiger partial charge in [0.1, 0.15) is 10.7 Å². The Labute approximate surface area is 147 Å². The molecule has 6 heteroatoms. The van der Waals surface area contributed by atoms with E-state index >= 15 is 0 Å². The van der Waals surface area contributed by atoms with Crippen LogP contribution >= 0.6 is 34.3 Å². The molecule has 0 unspecified atom stereocenters. The second-order valence-electron chi connectivity index (χ2n) is 5.35. The van der Waals surface area contributed by atoms with E-state index in [1.165, 1.54) is 11.3 Å². The molecule has 1 amide bonds. The second-order valence-corrected chi connectivity index (χ2v) is 7.59. The number of halogens is 1. The van der Waals surface area contributed by atoms with E-state index in [-0.39, 0.29) is 5.91 Å². The normalized spacial score (nSPS) is 13.9. The molecule has 0 radical (unpaired) electrons. The molecule has 3 heterocycles. The highest BCUT2D eigenvalue weighted by molar-refractivity contribution is 7.20. The zero-order valence-electron chi connectivity index (χ0n) is 12.2. The first kappa shape index (κ1) is 14.9. The third kappa shape index (κ3) is 2.80. The number of aryl methyl sites for hydroxylation is 1. The molecule has 1 aromatic carbocycles. The lowest BCUT2D eigenvalue weighted by molar-refractivity contribution is 0.0981. The Hall–Kier alpha value is -1.69. The zero-order valence-corrected chi connectivity index (χ0v) is 14.5. The molecular weight excluding hydrogens is 348 g/mol. The number of hydrogen-bond acceptors (Lipinski definition) is 4. The largest absolute Gasteiger partial charge is 0.307 e. The van der Waals surface area contributed by atoms with Gasteiger partial charge in [0.2, 0.25) is 0 Å². The van der Waals surface area contributed by atoms with Gasteiger partial charge >= 0.3 is 0 Å². The first-order valence-electron chi connectivity index (χ1n) is 7.32. The predicted molar refractivity (Wildman–Crippen MR) is 96.9 cm³/mol. The molecule has 3 nitrogen and oxygen atoms in total. The van der Waals surface area contributed by atoms with Gasteiger partial charge in [-0.05, 0) is 48.1 Å². The van der Waals surface area contributed by atoms with Crippen LogP contribution < -0.4 is 4.90 Å². The summed E-state index contributed by atoms with van der Waals surface area (Å²) in [7, 11) is 0. The Morgan fingerprint density at radius 1 is 1.26 bits per heavy atom.